The van der Waals surface area contributed by atoms with Crippen molar-refractivity contribution < 1.29 is 28.0 Å². The number of aryl methyl sites for hydroxylation is 3. The Labute approximate surface area is 265 Å². The first kappa shape index (κ1) is 36.9. The van der Waals surface area contributed by atoms with Crippen LogP contribution in [0.2, 0.25) is 0 Å². The number of hydrogen-bond donors (Lipinski definition) is 1. The average molecular weight is 625 g/mol. The van der Waals surface area contributed by atoms with E-state index in [1.807, 2.05) is 57.2 Å². The molecule has 0 fully saturated rings. The van der Waals surface area contributed by atoms with Gasteiger partial charge in [-0.25, -0.2) is 0 Å². The van der Waals surface area contributed by atoms with Gasteiger partial charge in [-0.3, -0.25) is 4.79 Å². The Hall–Kier alpha value is -3.24. The fourth-order valence-corrected chi connectivity index (χ4v) is 5.79. The summed E-state index contributed by atoms with van der Waals surface area (Å²) >= 11 is 0. The van der Waals surface area contributed by atoms with Gasteiger partial charge in [0.15, 0.2) is 0 Å². The van der Waals surface area contributed by atoms with Crippen molar-refractivity contribution in [3.63, 3.8) is 0 Å². The highest BCUT2D eigenvalue weighted by molar-refractivity contribution is 7.49. The summed E-state index contributed by atoms with van der Waals surface area (Å²) in [5.74, 6) is 0.590. The van der Waals surface area contributed by atoms with Gasteiger partial charge in [0.2, 0.25) is 0 Å². The van der Waals surface area contributed by atoms with Crippen LogP contribution in [0.4, 0.5) is 0 Å². The van der Waals surface area contributed by atoms with Crippen LogP contribution in [0.5, 0.6) is 17.2 Å². The van der Waals surface area contributed by atoms with E-state index in [0.717, 1.165) is 29.5 Å². The number of carboxylic acid groups (broad SMARTS) is 1. The molecule has 242 valence electrons. The summed E-state index contributed by atoms with van der Waals surface area (Å²) in [6.07, 6.45) is 17.3. The summed E-state index contributed by atoms with van der Waals surface area (Å²) in [7, 11) is -3.93. The van der Waals surface area contributed by atoms with Crippen LogP contribution in [0.25, 0.3) is 0 Å². The first-order valence-electron chi connectivity index (χ1n) is 16.3. The van der Waals surface area contributed by atoms with Crippen molar-refractivity contribution in [1.29, 1.82) is 0 Å². The van der Waals surface area contributed by atoms with Gasteiger partial charge in [0.25, 0.3) is 0 Å². The van der Waals surface area contributed by atoms with E-state index in [4.69, 9.17) is 18.7 Å². The minimum absolute atomic E-state index is 0.345. The molecule has 0 atom stereocenters. The predicted octanol–water partition coefficient (Wildman–Crippen LogP) is 11.8. The molecule has 44 heavy (non-hydrogen) atoms. The molecule has 0 bridgehead atoms. The molecule has 0 saturated heterocycles. The molecule has 0 aliphatic rings. The zero-order valence-corrected chi connectivity index (χ0v) is 28.2. The van der Waals surface area contributed by atoms with Crippen LogP contribution in [0.15, 0.2) is 72.8 Å². The number of hydrogen-bond acceptors (Lipinski definition) is 5. The highest BCUT2D eigenvalue weighted by atomic mass is 31.2. The fraction of sp³-hybridized carbons (Fsp3) is 0.486. The highest BCUT2D eigenvalue weighted by Crippen LogP contribution is 2.49. The summed E-state index contributed by atoms with van der Waals surface area (Å²) in [5.41, 5.74) is 3.23. The number of carbonyl (C=O) groups is 1. The van der Waals surface area contributed by atoms with Gasteiger partial charge in [-0.15, -0.1) is 0 Å². The number of unbranched alkanes of at least 4 members (excludes halogenated alkanes) is 12. The van der Waals surface area contributed by atoms with Crippen LogP contribution < -0.4 is 13.6 Å². The second kappa shape index (κ2) is 21.5. The minimum Gasteiger partial charge on any atom is -0.481 e. The molecule has 0 spiro atoms. The monoisotopic (exact) mass is 624 g/mol. The molecule has 0 aliphatic carbocycles. The Bertz CT molecular complexity index is 1100. The van der Waals surface area contributed by atoms with E-state index in [9.17, 15) is 9.36 Å². The summed E-state index contributed by atoms with van der Waals surface area (Å²) < 4.78 is 30.2. The first-order chi connectivity index (χ1) is 21.2. The molecule has 0 amide bonds. The van der Waals surface area contributed by atoms with E-state index < -0.39 is 13.8 Å². The summed E-state index contributed by atoms with van der Waals surface area (Å²) in [4.78, 5) is 10.3. The SMILES string of the molecule is CCCCCCCCCCCCCCCC(=O)O.Cc1ccc(OP(=O)(Oc2ccc(C)cc2)Oc2ccc(C)cc2)cc1. The maximum absolute atomic E-state index is 13.3. The lowest BCUT2D eigenvalue weighted by Gasteiger charge is -2.19. The van der Waals surface area contributed by atoms with Crippen molar-refractivity contribution in [2.24, 2.45) is 0 Å². The zero-order chi connectivity index (χ0) is 32.0. The number of phosphoric ester groups is 1. The quantitative estimate of drug-likeness (QED) is 0.0995. The van der Waals surface area contributed by atoms with Crippen LogP contribution in [0.3, 0.4) is 0 Å². The molecule has 3 aromatic carbocycles. The maximum atomic E-state index is 13.3. The zero-order valence-electron chi connectivity index (χ0n) is 27.3. The average Bonchev–Trinajstić information content (AvgIpc) is 2.99. The van der Waals surface area contributed by atoms with Crippen LogP contribution in [-0.2, 0) is 9.36 Å². The lowest BCUT2D eigenvalue weighted by atomic mass is 10.0. The van der Waals surface area contributed by atoms with E-state index in [0.29, 0.717) is 23.7 Å². The molecule has 0 aromatic heterocycles. The van der Waals surface area contributed by atoms with Gasteiger partial charge in [-0.2, -0.15) is 4.57 Å². The largest absolute Gasteiger partial charge is 0.647 e. The molecular formula is C37H53O6P. The van der Waals surface area contributed by atoms with E-state index in [-0.39, 0.29) is 0 Å². The third-order valence-electron chi connectivity index (χ3n) is 7.21. The van der Waals surface area contributed by atoms with Crippen molar-refractivity contribution in [2.45, 2.75) is 118 Å². The Kier molecular flexibility index (Phi) is 18.0. The van der Waals surface area contributed by atoms with Crippen molar-refractivity contribution in [1.82, 2.24) is 0 Å². The standard InChI is InChI=1S/C21H21O4P.C16H32O2/c1-16-4-10-19(11-5-16)23-26(22,24-20-12-6-17(2)7-13-20)25-21-14-8-18(3)9-15-21;1-2-3-4-5-6-7-8-9-10-11-12-13-14-15-16(17)18/h4-15H,1-3H3;2-15H2,1H3,(H,17,18). The van der Waals surface area contributed by atoms with E-state index >= 15 is 0 Å². The highest BCUT2D eigenvalue weighted by Gasteiger charge is 2.33. The molecule has 0 aliphatic heterocycles. The van der Waals surface area contributed by atoms with Crippen molar-refractivity contribution in [3.8, 4) is 17.2 Å². The van der Waals surface area contributed by atoms with Crippen molar-refractivity contribution >= 4 is 13.8 Å². The van der Waals surface area contributed by atoms with E-state index in [1.165, 1.54) is 70.6 Å². The molecule has 3 rings (SSSR count). The number of aliphatic carboxylic acids is 1. The third-order valence-corrected chi connectivity index (χ3v) is 8.51. The summed E-state index contributed by atoms with van der Waals surface area (Å²) in [5, 5.41) is 8.49. The summed E-state index contributed by atoms with van der Waals surface area (Å²) in [6, 6.07) is 21.6. The molecule has 3 aromatic rings. The van der Waals surface area contributed by atoms with Crippen LogP contribution >= 0.6 is 7.82 Å². The van der Waals surface area contributed by atoms with E-state index in [2.05, 4.69) is 6.92 Å². The number of benzene rings is 3. The number of phosphoric acid groups is 1. The lowest BCUT2D eigenvalue weighted by Crippen LogP contribution is -2.07. The normalized spacial score (nSPS) is 10.9. The molecule has 7 heteroatoms. The smallest absolute Gasteiger partial charge is 0.481 e. The van der Waals surface area contributed by atoms with Crippen LogP contribution in [0.1, 0.15) is 114 Å². The van der Waals surface area contributed by atoms with Gasteiger partial charge in [-0.1, -0.05) is 137 Å². The van der Waals surface area contributed by atoms with Crippen molar-refractivity contribution in [3.05, 3.63) is 89.5 Å². The predicted molar refractivity (Wildman–Crippen MR) is 181 cm³/mol. The Morgan fingerprint density at radius 3 is 1.07 bits per heavy atom. The number of carboxylic acids is 1. The molecule has 1 N–H and O–H groups in total. The minimum atomic E-state index is -3.93. The van der Waals surface area contributed by atoms with Gasteiger partial charge in [0, 0.05) is 6.42 Å². The Balaban J connectivity index is 0.000000331. The maximum Gasteiger partial charge on any atom is 0.647 e. The van der Waals surface area contributed by atoms with Crippen LogP contribution in [-0.4, -0.2) is 11.1 Å². The Morgan fingerprint density at radius 1 is 0.523 bits per heavy atom. The number of rotatable bonds is 20. The summed E-state index contributed by atoms with van der Waals surface area (Å²) in [6.45, 7) is 8.16. The molecule has 0 unspecified atom stereocenters. The molecule has 0 heterocycles. The van der Waals surface area contributed by atoms with Gasteiger partial charge in [0.1, 0.15) is 17.2 Å². The van der Waals surface area contributed by atoms with Crippen molar-refractivity contribution in [2.75, 3.05) is 0 Å². The first-order valence-corrected chi connectivity index (χ1v) is 17.8. The topological polar surface area (TPSA) is 82.1 Å². The lowest BCUT2D eigenvalue weighted by molar-refractivity contribution is -0.137. The Morgan fingerprint density at radius 2 is 0.795 bits per heavy atom. The second-order valence-electron chi connectivity index (χ2n) is 11.5. The van der Waals surface area contributed by atoms with Gasteiger partial charge in [0.05, 0.1) is 0 Å². The van der Waals surface area contributed by atoms with Crippen LogP contribution in [0, 0.1) is 20.8 Å². The molecular weight excluding hydrogens is 571 g/mol. The van der Waals surface area contributed by atoms with Gasteiger partial charge >= 0.3 is 13.8 Å². The second-order valence-corrected chi connectivity index (χ2v) is 13.0. The van der Waals surface area contributed by atoms with Gasteiger partial charge < -0.3 is 18.7 Å². The molecule has 0 radical (unpaired) electrons. The third kappa shape index (κ3) is 17.2. The molecule has 6 nitrogen and oxygen atoms in total. The van der Waals surface area contributed by atoms with Gasteiger partial charge in [-0.05, 0) is 63.6 Å². The molecule has 0 saturated carbocycles. The van der Waals surface area contributed by atoms with E-state index in [1.54, 1.807) is 36.4 Å². The fourth-order valence-electron chi connectivity index (χ4n) is 4.53.